The molecule has 208 valence electrons. The number of ether oxygens (including phenoxy) is 2. The first-order valence-electron chi connectivity index (χ1n) is 12.6. The van der Waals surface area contributed by atoms with Crippen LogP contribution < -0.4 is 19.1 Å². The zero-order chi connectivity index (χ0) is 27.9. The molecule has 0 bridgehead atoms. The number of anilines is 1. The van der Waals surface area contributed by atoms with Gasteiger partial charge in [0.25, 0.3) is 0 Å². The first-order chi connectivity index (χ1) is 18.0. The maximum absolute atomic E-state index is 13.4. The molecular weight excluding hydrogens is 513 g/mol. The van der Waals surface area contributed by atoms with Gasteiger partial charge < -0.3 is 19.7 Å². The minimum absolute atomic E-state index is 0.0135. The highest BCUT2D eigenvalue weighted by Crippen LogP contribution is 2.34. The van der Waals surface area contributed by atoms with Crippen LogP contribution in [0.15, 0.2) is 42.5 Å². The summed E-state index contributed by atoms with van der Waals surface area (Å²) in [6, 6.07) is 9.89. The second-order valence-corrected chi connectivity index (χ2v) is 11.6. The van der Waals surface area contributed by atoms with Crippen LogP contribution in [0.5, 0.6) is 11.5 Å². The summed E-state index contributed by atoms with van der Waals surface area (Å²) >= 11 is 0. The third-order valence-electron chi connectivity index (χ3n) is 6.08. The second kappa shape index (κ2) is 12.9. The predicted molar refractivity (Wildman–Crippen MR) is 143 cm³/mol. The molecule has 0 saturated carbocycles. The molecule has 0 spiro atoms. The van der Waals surface area contributed by atoms with Gasteiger partial charge in [-0.2, -0.15) is 0 Å². The minimum Gasteiger partial charge on any atom is -0.486 e. The van der Waals surface area contributed by atoms with Crippen molar-refractivity contribution in [3.05, 3.63) is 53.8 Å². The monoisotopic (exact) mass is 549 g/mol. The van der Waals surface area contributed by atoms with E-state index >= 15 is 0 Å². The lowest BCUT2D eigenvalue weighted by molar-refractivity contribution is -0.140. The Morgan fingerprint density at radius 3 is 2.32 bits per heavy atom. The van der Waals surface area contributed by atoms with E-state index in [9.17, 15) is 22.4 Å². The standard InChI is InChI=1S/C27H36FN3O6S/c1-19(2)17-29-27(33)20(3)30(18-21-7-9-22(28)10-8-21)26(32)6-5-13-31(38(4,34)35)23-11-12-24-25(16-23)37-15-14-36-24/h7-12,16,19-20H,5-6,13-15,17-18H2,1-4H3,(H,29,33)/t20-/m1/s1. The number of nitrogens with zero attached hydrogens (tertiary/aromatic N) is 2. The molecule has 0 radical (unpaired) electrons. The molecule has 0 unspecified atom stereocenters. The Hall–Kier alpha value is -3.34. The molecule has 0 aliphatic carbocycles. The fourth-order valence-corrected chi connectivity index (χ4v) is 4.97. The Labute approximate surface area is 224 Å². The molecule has 2 aromatic carbocycles. The highest BCUT2D eigenvalue weighted by Gasteiger charge is 2.27. The lowest BCUT2D eigenvalue weighted by Gasteiger charge is -2.30. The fraction of sp³-hybridized carbons (Fsp3) is 0.481. The number of nitrogens with one attached hydrogen (secondary N) is 1. The smallest absolute Gasteiger partial charge is 0.242 e. The Morgan fingerprint density at radius 2 is 1.68 bits per heavy atom. The molecule has 1 heterocycles. The summed E-state index contributed by atoms with van der Waals surface area (Å²) < 4.78 is 50.9. The van der Waals surface area contributed by atoms with E-state index < -0.39 is 21.9 Å². The van der Waals surface area contributed by atoms with Gasteiger partial charge in [-0.3, -0.25) is 13.9 Å². The fourth-order valence-electron chi connectivity index (χ4n) is 4.01. The number of halogens is 1. The molecule has 1 N–H and O–H groups in total. The van der Waals surface area contributed by atoms with Crippen LogP contribution >= 0.6 is 0 Å². The number of fused-ring (bicyclic) bond motifs is 1. The largest absolute Gasteiger partial charge is 0.486 e. The number of amides is 2. The molecule has 2 aromatic rings. The maximum Gasteiger partial charge on any atom is 0.242 e. The average molecular weight is 550 g/mol. The molecule has 0 fully saturated rings. The van der Waals surface area contributed by atoms with E-state index in [4.69, 9.17) is 9.47 Å². The van der Waals surface area contributed by atoms with Crippen LogP contribution in [0.25, 0.3) is 0 Å². The number of carbonyl (C=O) groups excluding carboxylic acids is 2. The summed E-state index contributed by atoms with van der Waals surface area (Å²) in [7, 11) is -3.65. The van der Waals surface area contributed by atoms with Crippen LogP contribution in [0, 0.1) is 11.7 Å². The molecular formula is C27H36FN3O6S. The summed E-state index contributed by atoms with van der Waals surface area (Å²) in [5, 5.41) is 2.85. The van der Waals surface area contributed by atoms with Crippen LogP contribution in [-0.4, -0.2) is 63.7 Å². The van der Waals surface area contributed by atoms with Crippen LogP contribution in [0.2, 0.25) is 0 Å². The molecule has 1 aliphatic rings. The van der Waals surface area contributed by atoms with Gasteiger partial charge in [-0.25, -0.2) is 12.8 Å². The second-order valence-electron chi connectivity index (χ2n) is 9.73. The topological polar surface area (TPSA) is 105 Å². The van der Waals surface area contributed by atoms with E-state index in [-0.39, 0.29) is 43.7 Å². The van der Waals surface area contributed by atoms with Crippen LogP contribution in [0.1, 0.15) is 39.2 Å². The normalized spacial score (nSPS) is 13.6. The van der Waals surface area contributed by atoms with Crippen LogP contribution in [0.4, 0.5) is 10.1 Å². The van der Waals surface area contributed by atoms with E-state index in [1.807, 2.05) is 13.8 Å². The molecule has 38 heavy (non-hydrogen) atoms. The van der Waals surface area contributed by atoms with E-state index in [1.165, 1.54) is 21.3 Å². The van der Waals surface area contributed by atoms with Gasteiger partial charge in [-0.15, -0.1) is 0 Å². The number of carbonyl (C=O) groups is 2. The first kappa shape index (κ1) is 29.2. The Bertz CT molecular complexity index is 1220. The van der Waals surface area contributed by atoms with Crippen molar-refractivity contribution in [2.24, 2.45) is 5.92 Å². The summed E-state index contributed by atoms with van der Waals surface area (Å²) in [5.74, 6) is 0.264. The van der Waals surface area contributed by atoms with Crippen molar-refractivity contribution in [1.82, 2.24) is 10.2 Å². The number of sulfonamides is 1. The predicted octanol–water partition coefficient (Wildman–Crippen LogP) is 3.33. The van der Waals surface area contributed by atoms with Crippen LogP contribution in [0.3, 0.4) is 0 Å². The highest BCUT2D eigenvalue weighted by atomic mass is 32.2. The molecule has 2 amide bonds. The number of benzene rings is 2. The summed E-state index contributed by atoms with van der Waals surface area (Å²) in [5.41, 5.74) is 1.09. The lowest BCUT2D eigenvalue weighted by Crippen LogP contribution is -2.48. The third-order valence-corrected chi connectivity index (χ3v) is 7.28. The average Bonchev–Trinajstić information content (AvgIpc) is 2.87. The van der Waals surface area contributed by atoms with Crippen LogP contribution in [-0.2, 0) is 26.2 Å². The Morgan fingerprint density at radius 1 is 1.03 bits per heavy atom. The molecule has 1 aliphatic heterocycles. The highest BCUT2D eigenvalue weighted by molar-refractivity contribution is 7.92. The van der Waals surface area contributed by atoms with Gasteiger partial charge in [0.15, 0.2) is 11.5 Å². The van der Waals surface area contributed by atoms with Gasteiger partial charge in [-0.05, 0) is 49.1 Å². The molecule has 11 heteroatoms. The van der Waals surface area contributed by atoms with Gasteiger partial charge in [0.05, 0.1) is 11.9 Å². The van der Waals surface area contributed by atoms with Gasteiger partial charge >= 0.3 is 0 Å². The van der Waals surface area contributed by atoms with E-state index in [2.05, 4.69) is 5.32 Å². The van der Waals surface area contributed by atoms with Gasteiger partial charge in [-0.1, -0.05) is 26.0 Å². The Kier molecular flexibility index (Phi) is 9.96. The number of hydrogen-bond acceptors (Lipinski definition) is 6. The zero-order valence-electron chi connectivity index (χ0n) is 22.3. The van der Waals surface area contributed by atoms with Gasteiger partial charge in [0.1, 0.15) is 25.1 Å². The van der Waals surface area contributed by atoms with Crippen molar-refractivity contribution < 1.29 is 31.9 Å². The molecule has 3 rings (SSSR count). The zero-order valence-corrected chi connectivity index (χ0v) is 23.1. The Balaban J connectivity index is 1.72. The first-order valence-corrected chi connectivity index (χ1v) is 14.5. The quantitative estimate of drug-likeness (QED) is 0.436. The van der Waals surface area contributed by atoms with Crippen molar-refractivity contribution in [2.75, 3.05) is 36.9 Å². The molecule has 9 nitrogen and oxygen atoms in total. The van der Waals surface area contributed by atoms with Crippen molar-refractivity contribution in [2.45, 2.75) is 46.2 Å². The lowest BCUT2D eigenvalue weighted by atomic mass is 10.1. The summed E-state index contributed by atoms with van der Waals surface area (Å²) in [6.07, 6.45) is 1.34. The van der Waals surface area contributed by atoms with Gasteiger partial charge in [0, 0.05) is 32.1 Å². The third kappa shape index (κ3) is 8.08. The van der Waals surface area contributed by atoms with E-state index in [0.717, 1.165) is 6.26 Å². The van der Waals surface area contributed by atoms with Crippen molar-refractivity contribution in [3.8, 4) is 11.5 Å². The maximum atomic E-state index is 13.4. The van der Waals surface area contributed by atoms with Crippen molar-refractivity contribution in [1.29, 1.82) is 0 Å². The number of hydrogen-bond donors (Lipinski definition) is 1. The van der Waals surface area contributed by atoms with Crippen molar-refractivity contribution in [3.63, 3.8) is 0 Å². The SMILES string of the molecule is CC(C)CNC(=O)[C@@H](C)N(Cc1ccc(F)cc1)C(=O)CCCN(c1ccc2c(c1)OCCO2)S(C)(=O)=O. The van der Waals surface area contributed by atoms with Gasteiger partial charge in [0.2, 0.25) is 21.8 Å². The summed E-state index contributed by atoms with van der Waals surface area (Å²) in [4.78, 5) is 27.5. The number of rotatable bonds is 12. The summed E-state index contributed by atoms with van der Waals surface area (Å²) in [6.45, 7) is 7.04. The molecule has 1 atom stereocenters. The van der Waals surface area contributed by atoms with E-state index in [1.54, 1.807) is 37.3 Å². The van der Waals surface area contributed by atoms with Crippen molar-refractivity contribution >= 4 is 27.5 Å². The minimum atomic E-state index is -3.65. The molecule has 0 aromatic heterocycles. The van der Waals surface area contributed by atoms with E-state index in [0.29, 0.717) is 42.5 Å². The molecule has 0 saturated heterocycles.